The maximum absolute atomic E-state index is 12.9. The van der Waals surface area contributed by atoms with Crippen molar-refractivity contribution in [1.29, 1.82) is 0 Å². The van der Waals surface area contributed by atoms with Gasteiger partial charge < -0.3 is 14.5 Å². The second-order valence-corrected chi connectivity index (χ2v) is 6.98. The summed E-state index contributed by atoms with van der Waals surface area (Å²) in [5, 5.41) is 0. The zero-order valence-electron chi connectivity index (χ0n) is 15.5. The third-order valence-corrected chi connectivity index (χ3v) is 4.88. The summed E-state index contributed by atoms with van der Waals surface area (Å²) >= 11 is 0. The van der Waals surface area contributed by atoms with Gasteiger partial charge in [0.15, 0.2) is 0 Å². The molecule has 1 fully saturated rings. The summed E-state index contributed by atoms with van der Waals surface area (Å²) in [6.07, 6.45) is -2.55. The Kier molecular flexibility index (Phi) is 6.39. The first kappa shape index (κ1) is 19.7. The van der Waals surface area contributed by atoms with Crippen molar-refractivity contribution in [2.75, 3.05) is 39.8 Å². The van der Waals surface area contributed by atoms with Gasteiger partial charge in [-0.1, -0.05) is 24.3 Å². The first-order chi connectivity index (χ1) is 12.9. The van der Waals surface area contributed by atoms with Crippen LogP contribution >= 0.6 is 0 Å². The van der Waals surface area contributed by atoms with E-state index in [1.807, 2.05) is 24.3 Å². The van der Waals surface area contributed by atoms with Crippen LogP contribution in [0.15, 0.2) is 48.5 Å². The van der Waals surface area contributed by atoms with E-state index < -0.39 is 11.7 Å². The topological polar surface area (TPSA) is 15.7 Å². The van der Waals surface area contributed by atoms with E-state index in [4.69, 9.17) is 4.74 Å². The highest BCUT2D eigenvalue weighted by Gasteiger charge is 2.30. The molecule has 0 atom stereocenters. The number of para-hydroxylation sites is 1. The first-order valence-electron chi connectivity index (χ1n) is 9.26. The van der Waals surface area contributed by atoms with Crippen LogP contribution in [0.2, 0.25) is 0 Å². The Labute approximate surface area is 158 Å². The maximum atomic E-state index is 12.9. The minimum absolute atomic E-state index is 0.205. The van der Waals surface area contributed by atoms with E-state index in [0.29, 0.717) is 5.75 Å². The van der Waals surface area contributed by atoms with Gasteiger partial charge in [0.1, 0.15) is 11.5 Å². The van der Waals surface area contributed by atoms with E-state index >= 15 is 0 Å². The molecule has 3 rings (SSSR count). The summed E-state index contributed by atoms with van der Waals surface area (Å²) in [5.74, 6) is 0.826. The van der Waals surface area contributed by atoms with Gasteiger partial charge in [-0.25, -0.2) is 0 Å². The molecule has 0 radical (unpaired) electrons. The summed E-state index contributed by atoms with van der Waals surface area (Å²) in [6.45, 7) is 5.37. The molecule has 27 heavy (non-hydrogen) atoms. The number of hydrogen-bond donors (Lipinski definition) is 0. The molecule has 0 unspecified atom stereocenters. The van der Waals surface area contributed by atoms with Crippen LogP contribution in [-0.2, 0) is 12.6 Å². The minimum atomic E-state index is -4.37. The normalized spacial score (nSPS) is 16.4. The van der Waals surface area contributed by atoms with Gasteiger partial charge >= 0.3 is 6.18 Å². The highest BCUT2D eigenvalue weighted by molar-refractivity contribution is 5.39. The molecule has 0 saturated carbocycles. The monoisotopic (exact) mass is 378 g/mol. The highest BCUT2D eigenvalue weighted by atomic mass is 19.4. The number of ether oxygens (including phenoxy) is 1. The van der Waals surface area contributed by atoms with Crippen LogP contribution in [-0.4, -0.2) is 49.6 Å². The molecule has 1 heterocycles. The van der Waals surface area contributed by atoms with Gasteiger partial charge in [-0.3, -0.25) is 0 Å². The second-order valence-electron chi connectivity index (χ2n) is 6.98. The molecule has 0 aliphatic carbocycles. The van der Waals surface area contributed by atoms with Gasteiger partial charge in [-0.2, -0.15) is 13.2 Å². The SMILES string of the molecule is CN1CCN(CCCc2ccccc2Oc2cccc(C(F)(F)F)c2)CC1. The van der Waals surface area contributed by atoms with E-state index in [1.54, 1.807) is 6.07 Å². The molecule has 2 aromatic rings. The molecule has 0 spiro atoms. The predicted octanol–water partition coefficient (Wildman–Crippen LogP) is 4.68. The van der Waals surface area contributed by atoms with Crippen molar-refractivity contribution in [1.82, 2.24) is 9.80 Å². The molecule has 0 aromatic heterocycles. The van der Waals surface area contributed by atoms with Gasteiger partial charge in [0, 0.05) is 26.2 Å². The van der Waals surface area contributed by atoms with Crippen LogP contribution in [0.3, 0.4) is 0 Å². The lowest BCUT2D eigenvalue weighted by atomic mass is 10.1. The number of hydrogen-bond acceptors (Lipinski definition) is 3. The Balaban J connectivity index is 1.61. The lowest BCUT2D eigenvalue weighted by Gasteiger charge is -2.32. The van der Waals surface area contributed by atoms with Crippen molar-refractivity contribution in [3.63, 3.8) is 0 Å². The summed E-state index contributed by atoms with van der Waals surface area (Å²) in [5.41, 5.74) is 0.316. The number of nitrogens with zero attached hydrogens (tertiary/aromatic N) is 2. The van der Waals surface area contributed by atoms with Gasteiger partial charge in [0.25, 0.3) is 0 Å². The van der Waals surface area contributed by atoms with Crippen LogP contribution < -0.4 is 4.74 Å². The van der Waals surface area contributed by atoms with Crippen LogP contribution in [0.1, 0.15) is 17.5 Å². The number of aryl methyl sites for hydroxylation is 1. The van der Waals surface area contributed by atoms with E-state index in [1.165, 1.54) is 6.07 Å². The first-order valence-corrected chi connectivity index (χ1v) is 9.26. The molecular weight excluding hydrogens is 353 g/mol. The highest BCUT2D eigenvalue weighted by Crippen LogP contribution is 2.33. The van der Waals surface area contributed by atoms with Gasteiger partial charge in [-0.05, 0) is 56.3 Å². The number of rotatable bonds is 6. The largest absolute Gasteiger partial charge is 0.457 e. The Morgan fingerprint density at radius 1 is 0.963 bits per heavy atom. The predicted molar refractivity (Wildman–Crippen MR) is 100 cm³/mol. The van der Waals surface area contributed by atoms with Crippen molar-refractivity contribution < 1.29 is 17.9 Å². The Hall–Kier alpha value is -2.05. The van der Waals surface area contributed by atoms with Crippen molar-refractivity contribution in [2.24, 2.45) is 0 Å². The Morgan fingerprint density at radius 3 is 2.44 bits per heavy atom. The standard InChI is InChI=1S/C21H25F3N2O/c1-25-12-14-26(15-13-25)11-5-7-17-6-2-3-10-20(17)27-19-9-4-8-18(16-19)21(22,23)24/h2-4,6,8-10,16H,5,7,11-15H2,1H3. The third-order valence-electron chi connectivity index (χ3n) is 4.88. The zero-order valence-corrected chi connectivity index (χ0v) is 15.5. The van der Waals surface area contributed by atoms with Gasteiger partial charge in [-0.15, -0.1) is 0 Å². The smallest absolute Gasteiger partial charge is 0.416 e. The van der Waals surface area contributed by atoms with Crippen LogP contribution in [0, 0.1) is 0 Å². The van der Waals surface area contributed by atoms with E-state index in [-0.39, 0.29) is 5.75 Å². The fourth-order valence-electron chi connectivity index (χ4n) is 3.24. The molecule has 1 aliphatic rings. The molecule has 146 valence electrons. The van der Waals surface area contributed by atoms with E-state index in [2.05, 4.69) is 16.8 Å². The third kappa shape index (κ3) is 5.71. The molecule has 0 amide bonds. The molecule has 1 aliphatic heterocycles. The van der Waals surface area contributed by atoms with Crippen LogP contribution in [0.25, 0.3) is 0 Å². The summed E-state index contributed by atoms with van der Waals surface area (Å²) in [4.78, 5) is 4.78. The molecular formula is C21H25F3N2O. The Morgan fingerprint density at radius 2 is 1.70 bits per heavy atom. The maximum Gasteiger partial charge on any atom is 0.416 e. The quantitative estimate of drug-likeness (QED) is 0.726. The average molecular weight is 378 g/mol. The summed E-state index contributed by atoms with van der Waals surface area (Å²) < 4.78 is 44.5. The molecule has 6 heteroatoms. The molecule has 0 bridgehead atoms. The lowest BCUT2D eigenvalue weighted by molar-refractivity contribution is -0.137. The number of halogens is 3. The number of piperazine rings is 1. The van der Waals surface area contributed by atoms with E-state index in [9.17, 15) is 13.2 Å². The van der Waals surface area contributed by atoms with E-state index in [0.717, 1.165) is 63.3 Å². The summed E-state index contributed by atoms with van der Waals surface area (Å²) in [7, 11) is 2.14. The fraction of sp³-hybridized carbons (Fsp3) is 0.429. The van der Waals surface area contributed by atoms with Gasteiger partial charge in [0.05, 0.1) is 5.56 Å². The molecule has 0 N–H and O–H groups in total. The number of benzene rings is 2. The summed E-state index contributed by atoms with van der Waals surface area (Å²) in [6, 6.07) is 12.6. The molecule has 3 nitrogen and oxygen atoms in total. The zero-order chi connectivity index (χ0) is 19.3. The number of likely N-dealkylation sites (N-methyl/N-ethyl adjacent to an activating group) is 1. The van der Waals surface area contributed by atoms with Crippen LogP contribution in [0.5, 0.6) is 11.5 Å². The Bertz CT molecular complexity index is 740. The van der Waals surface area contributed by atoms with Crippen molar-refractivity contribution in [3.05, 3.63) is 59.7 Å². The van der Waals surface area contributed by atoms with Crippen molar-refractivity contribution in [2.45, 2.75) is 19.0 Å². The van der Waals surface area contributed by atoms with Crippen LogP contribution in [0.4, 0.5) is 13.2 Å². The molecule has 2 aromatic carbocycles. The number of alkyl halides is 3. The average Bonchev–Trinajstić information content (AvgIpc) is 2.64. The fourth-order valence-corrected chi connectivity index (χ4v) is 3.24. The van der Waals surface area contributed by atoms with Crippen molar-refractivity contribution in [3.8, 4) is 11.5 Å². The molecule has 1 saturated heterocycles. The van der Waals surface area contributed by atoms with Crippen molar-refractivity contribution >= 4 is 0 Å². The second kappa shape index (κ2) is 8.76. The minimum Gasteiger partial charge on any atom is -0.457 e. The van der Waals surface area contributed by atoms with Gasteiger partial charge in [0.2, 0.25) is 0 Å². The lowest BCUT2D eigenvalue weighted by Crippen LogP contribution is -2.44.